The highest BCUT2D eigenvalue weighted by Crippen LogP contribution is 2.27. The van der Waals surface area contributed by atoms with Crippen LogP contribution in [0, 0.1) is 12.7 Å². The molecule has 0 fully saturated rings. The molecule has 0 saturated carbocycles. The molecular weight excluding hydrogens is 469 g/mol. The largest absolute Gasteiger partial charge is 0.434 e. The molecule has 3 aromatic heterocycles. The van der Waals surface area contributed by atoms with Crippen molar-refractivity contribution in [1.29, 1.82) is 0 Å². The fourth-order valence-electron chi connectivity index (χ4n) is 3.76. The molecule has 2 amide bonds. The molecule has 0 saturated heterocycles. The Morgan fingerprint density at radius 1 is 1.11 bits per heavy atom. The Bertz CT molecular complexity index is 1720. The number of anilines is 1. The molecule has 12 heteroatoms. The summed E-state index contributed by atoms with van der Waals surface area (Å²) in [7, 11) is 1.58. The first kappa shape index (κ1) is 22.7. The van der Waals surface area contributed by atoms with E-state index < -0.39 is 17.6 Å². The second-order valence-corrected chi connectivity index (χ2v) is 7.88. The Morgan fingerprint density at radius 3 is 2.53 bits per heavy atom. The van der Waals surface area contributed by atoms with Crippen molar-refractivity contribution < 1.29 is 18.4 Å². The van der Waals surface area contributed by atoms with E-state index in [1.54, 1.807) is 44.3 Å². The lowest BCUT2D eigenvalue weighted by molar-refractivity contribution is 0.0992. The van der Waals surface area contributed by atoms with E-state index in [1.165, 1.54) is 21.5 Å². The molecule has 0 bridgehead atoms. The van der Waals surface area contributed by atoms with Crippen LogP contribution >= 0.6 is 0 Å². The number of nitrogens with one attached hydrogen (secondary N) is 1. The van der Waals surface area contributed by atoms with Crippen molar-refractivity contribution >= 4 is 28.6 Å². The zero-order valence-electron chi connectivity index (χ0n) is 19.0. The van der Waals surface area contributed by atoms with Gasteiger partial charge in [-0.3, -0.25) is 9.59 Å². The number of fused-ring (bicyclic) bond motifs is 1. The van der Waals surface area contributed by atoms with Gasteiger partial charge in [0.25, 0.3) is 11.8 Å². The summed E-state index contributed by atoms with van der Waals surface area (Å²) >= 11 is 0. The Kier molecular flexibility index (Phi) is 5.40. The van der Waals surface area contributed by atoms with Gasteiger partial charge in [0.1, 0.15) is 17.2 Å². The van der Waals surface area contributed by atoms with Crippen molar-refractivity contribution in [3.8, 4) is 17.1 Å². The fourth-order valence-corrected chi connectivity index (χ4v) is 3.76. The van der Waals surface area contributed by atoms with Crippen LogP contribution in [0.25, 0.3) is 28.2 Å². The highest BCUT2D eigenvalue weighted by atomic mass is 19.1. The van der Waals surface area contributed by atoms with E-state index in [9.17, 15) is 18.8 Å². The van der Waals surface area contributed by atoms with E-state index >= 15 is 0 Å². The molecule has 2 aromatic carbocycles. The number of nitrogens with two attached hydrogens (primary N) is 1. The maximum Gasteiger partial charge on any atom is 0.350 e. The fraction of sp³-hybridized carbons (Fsp3) is 0.0833. The number of aromatic nitrogens is 5. The third-order valence-corrected chi connectivity index (χ3v) is 5.47. The van der Waals surface area contributed by atoms with Crippen LogP contribution < -0.4 is 16.7 Å². The zero-order valence-corrected chi connectivity index (χ0v) is 19.0. The lowest BCUT2D eigenvalue weighted by atomic mass is 10.1. The zero-order chi connectivity index (χ0) is 25.6. The summed E-state index contributed by atoms with van der Waals surface area (Å²) < 4.78 is 22.3. The van der Waals surface area contributed by atoms with Crippen LogP contribution in [0.1, 0.15) is 26.7 Å². The van der Waals surface area contributed by atoms with Crippen LogP contribution in [0.3, 0.4) is 0 Å². The number of halogens is 1. The van der Waals surface area contributed by atoms with Crippen LogP contribution in [-0.4, -0.2) is 36.1 Å². The van der Waals surface area contributed by atoms with Gasteiger partial charge in [0.05, 0.1) is 11.3 Å². The minimum atomic E-state index is -0.960. The van der Waals surface area contributed by atoms with E-state index in [0.717, 1.165) is 12.1 Å². The number of oxazole rings is 1. The molecule has 0 aliphatic carbocycles. The molecule has 0 spiro atoms. The predicted molar refractivity (Wildman–Crippen MR) is 127 cm³/mol. The van der Waals surface area contributed by atoms with Gasteiger partial charge in [0, 0.05) is 24.5 Å². The van der Waals surface area contributed by atoms with Gasteiger partial charge in [-0.05, 0) is 55.5 Å². The number of hydrogen-bond donors (Lipinski definition) is 2. The van der Waals surface area contributed by atoms with Gasteiger partial charge in [0.2, 0.25) is 5.89 Å². The summed E-state index contributed by atoms with van der Waals surface area (Å²) in [5.74, 6) is -1.62. The lowest BCUT2D eigenvalue weighted by Crippen LogP contribution is -2.21. The molecule has 3 heterocycles. The minimum Gasteiger partial charge on any atom is -0.434 e. The van der Waals surface area contributed by atoms with Crippen molar-refractivity contribution in [2.45, 2.75) is 6.92 Å². The number of nitrogens with zero attached hydrogens (tertiary/aromatic N) is 5. The molecule has 36 heavy (non-hydrogen) atoms. The molecule has 11 nitrogen and oxygen atoms in total. The number of carbonyl (C=O) groups excluding carboxylic acids is 2. The topological polar surface area (TPSA) is 151 Å². The van der Waals surface area contributed by atoms with Gasteiger partial charge in [-0.1, -0.05) is 0 Å². The second kappa shape index (κ2) is 8.58. The Morgan fingerprint density at radius 2 is 1.86 bits per heavy atom. The van der Waals surface area contributed by atoms with Gasteiger partial charge < -0.3 is 15.5 Å². The molecule has 0 unspecified atom stereocenters. The van der Waals surface area contributed by atoms with E-state index in [-0.39, 0.29) is 34.1 Å². The van der Waals surface area contributed by atoms with Crippen LogP contribution in [0.4, 0.5) is 10.1 Å². The molecule has 5 aromatic rings. The van der Waals surface area contributed by atoms with Gasteiger partial charge in [0.15, 0.2) is 11.3 Å². The van der Waals surface area contributed by atoms with Crippen LogP contribution in [0.5, 0.6) is 0 Å². The predicted octanol–water partition coefficient (Wildman–Crippen LogP) is 2.57. The molecular formula is C24H18FN7O4. The first-order valence-electron chi connectivity index (χ1n) is 10.6. The highest BCUT2D eigenvalue weighted by molar-refractivity contribution is 6.10. The SMILES string of the molecule is Cc1nn(C)c(=O)n1-c1ccc(-c2nc3ccnc(C(=O)Nc4ccc(F)c(C(N)=O)c4)c3o2)cc1. The average Bonchev–Trinajstić information content (AvgIpc) is 3.40. The first-order chi connectivity index (χ1) is 17.2. The summed E-state index contributed by atoms with van der Waals surface area (Å²) in [5.41, 5.74) is 6.43. The molecule has 180 valence electrons. The quantitative estimate of drug-likeness (QED) is 0.387. The van der Waals surface area contributed by atoms with Crippen LogP contribution in [-0.2, 0) is 7.05 Å². The number of hydrogen-bond acceptors (Lipinski definition) is 7. The minimum absolute atomic E-state index is 0.0506. The van der Waals surface area contributed by atoms with Gasteiger partial charge in [-0.15, -0.1) is 0 Å². The lowest BCUT2D eigenvalue weighted by Gasteiger charge is -2.06. The van der Waals surface area contributed by atoms with Crippen molar-refractivity contribution in [1.82, 2.24) is 24.3 Å². The van der Waals surface area contributed by atoms with Gasteiger partial charge >= 0.3 is 5.69 Å². The normalized spacial score (nSPS) is 11.1. The molecule has 0 atom stereocenters. The number of carbonyl (C=O) groups is 2. The number of rotatable bonds is 5. The highest BCUT2D eigenvalue weighted by Gasteiger charge is 2.19. The van der Waals surface area contributed by atoms with Crippen molar-refractivity contribution in [2.75, 3.05) is 5.32 Å². The number of pyridine rings is 1. The van der Waals surface area contributed by atoms with E-state index in [2.05, 4.69) is 20.4 Å². The molecule has 3 N–H and O–H groups in total. The van der Waals surface area contributed by atoms with E-state index in [4.69, 9.17) is 10.2 Å². The van der Waals surface area contributed by atoms with E-state index in [0.29, 0.717) is 22.6 Å². The summed E-state index contributed by atoms with van der Waals surface area (Å²) in [6, 6.07) is 12.0. The molecule has 0 radical (unpaired) electrons. The maximum absolute atomic E-state index is 13.7. The summed E-state index contributed by atoms with van der Waals surface area (Å²) in [6.07, 6.45) is 1.41. The number of primary amides is 1. The van der Waals surface area contributed by atoms with Crippen LogP contribution in [0.2, 0.25) is 0 Å². The number of amides is 2. The van der Waals surface area contributed by atoms with Gasteiger partial charge in [-0.2, -0.15) is 5.10 Å². The van der Waals surface area contributed by atoms with E-state index in [1.807, 2.05) is 0 Å². The number of aryl methyl sites for hydroxylation is 2. The Balaban J connectivity index is 1.46. The van der Waals surface area contributed by atoms with Crippen molar-refractivity contribution in [3.05, 3.63) is 88.1 Å². The summed E-state index contributed by atoms with van der Waals surface area (Å²) in [4.78, 5) is 45.1. The molecule has 0 aliphatic heterocycles. The Labute approximate surface area is 202 Å². The monoisotopic (exact) mass is 487 g/mol. The number of benzene rings is 2. The standard InChI is InChI=1S/C24H18FN7O4/c1-12-30-31(2)24(35)32(12)15-6-3-13(4-7-15)23-29-18-9-10-27-19(20(18)36-23)22(34)28-14-5-8-17(25)16(11-14)21(26)33/h3-11H,1-2H3,(H2,26,33)(H,28,34). The second-order valence-electron chi connectivity index (χ2n) is 7.88. The third kappa shape index (κ3) is 3.90. The molecule has 0 aliphatic rings. The molecule has 5 rings (SSSR count). The summed E-state index contributed by atoms with van der Waals surface area (Å²) in [6.45, 7) is 1.73. The Hall–Kier alpha value is -5.13. The smallest absolute Gasteiger partial charge is 0.350 e. The third-order valence-electron chi connectivity index (χ3n) is 5.47. The van der Waals surface area contributed by atoms with Gasteiger partial charge in [-0.25, -0.2) is 28.4 Å². The maximum atomic E-state index is 13.7. The summed E-state index contributed by atoms with van der Waals surface area (Å²) in [5, 5.41) is 6.68. The van der Waals surface area contributed by atoms with Crippen molar-refractivity contribution in [2.24, 2.45) is 12.8 Å². The van der Waals surface area contributed by atoms with Crippen molar-refractivity contribution in [3.63, 3.8) is 0 Å². The average molecular weight is 487 g/mol. The first-order valence-corrected chi connectivity index (χ1v) is 10.6. The van der Waals surface area contributed by atoms with Crippen LogP contribution in [0.15, 0.2) is 63.9 Å².